The van der Waals surface area contributed by atoms with Crippen molar-refractivity contribution in [2.45, 2.75) is 0 Å². The van der Waals surface area contributed by atoms with Gasteiger partial charge >= 0.3 is 0 Å². The molecule has 62 valence electrons. The molecule has 0 aliphatic carbocycles. The van der Waals surface area contributed by atoms with E-state index in [1.54, 1.807) is 7.05 Å². The Bertz CT molecular complexity index is 489. The summed E-state index contributed by atoms with van der Waals surface area (Å²) in [6, 6.07) is 0. The molecule has 0 aliphatic rings. The quantitative estimate of drug-likeness (QED) is 0.700. The van der Waals surface area contributed by atoms with Crippen molar-refractivity contribution < 1.29 is 0 Å². The Morgan fingerprint density at radius 1 is 1.67 bits per heavy atom. The zero-order valence-electron chi connectivity index (χ0n) is 6.11. The molecule has 0 amide bonds. The highest BCUT2D eigenvalue weighted by molar-refractivity contribution is 9.11. The Hall–Kier alpha value is -0.750. The van der Waals surface area contributed by atoms with Gasteiger partial charge in [-0.2, -0.15) is 0 Å². The molecule has 2 heterocycles. The van der Waals surface area contributed by atoms with Gasteiger partial charge in [-0.25, -0.2) is 9.97 Å². The van der Waals surface area contributed by atoms with Gasteiger partial charge in [0.25, 0.3) is 5.56 Å². The molecule has 2 rings (SSSR count). The summed E-state index contributed by atoms with van der Waals surface area (Å²) in [5.74, 6) is 0. The van der Waals surface area contributed by atoms with Gasteiger partial charge in [0.15, 0.2) is 14.3 Å². The second-order valence-corrected chi connectivity index (χ2v) is 4.53. The lowest BCUT2D eigenvalue weighted by atomic mass is 10.6. The lowest BCUT2D eigenvalue weighted by Crippen LogP contribution is -2.16. The highest BCUT2D eigenvalue weighted by atomic mass is 79.9. The molecule has 0 unspecified atom stereocenters. The Balaban J connectivity index is 2.99. The molecule has 12 heavy (non-hydrogen) atoms. The van der Waals surface area contributed by atoms with Crippen molar-refractivity contribution in [3.05, 3.63) is 20.6 Å². The SMILES string of the molecule is Cn1cnc2sc(Br)nc2c1=O. The van der Waals surface area contributed by atoms with Crippen molar-refractivity contribution in [3.8, 4) is 0 Å². The topological polar surface area (TPSA) is 47.8 Å². The predicted molar refractivity (Wildman–Crippen MR) is 50.4 cm³/mol. The zero-order valence-corrected chi connectivity index (χ0v) is 8.52. The van der Waals surface area contributed by atoms with Crippen molar-refractivity contribution >= 4 is 37.6 Å². The molecule has 0 fully saturated rings. The van der Waals surface area contributed by atoms with Gasteiger partial charge in [-0.3, -0.25) is 4.79 Å². The first-order chi connectivity index (χ1) is 5.68. The average molecular weight is 246 g/mol. The van der Waals surface area contributed by atoms with Crippen molar-refractivity contribution in [1.82, 2.24) is 14.5 Å². The summed E-state index contributed by atoms with van der Waals surface area (Å²) in [5.41, 5.74) is 0.318. The van der Waals surface area contributed by atoms with E-state index in [0.29, 0.717) is 14.3 Å². The molecule has 0 radical (unpaired) electrons. The van der Waals surface area contributed by atoms with Crippen LogP contribution in [0.5, 0.6) is 0 Å². The Labute approximate surface area is 80.0 Å². The summed E-state index contributed by atoms with van der Waals surface area (Å²) < 4.78 is 2.10. The van der Waals surface area contributed by atoms with E-state index < -0.39 is 0 Å². The fourth-order valence-corrected chi connectivity index (χ4v) is 2.14. The maximum atomic E-state index is 11.4. The lowest BCUT2D eigenvalue weighted by Gasteiger charge is -1.91. The van der Waals surface area contributed by atoms with Crippen LogP contribution >= 0.6 is 27.3 Å². The maximum absolute atomic E-state index is 11.4. The number of rotatable bonds is 0. The van der Waals surface area contributed by atoms with E-state index in [4.69, 9.17) is 0 Å². The zero-order chi connectivity index (χ0) is 8.72. The Morgan fingerprint density at radius 2 is 2.42 bits per heavy atom. The van der Waals surface area contributed by atoms with Gasteiger partial charge in [0.1, 0.15) is 0 Å². The highest BCUT2D eigenvalue weighted by Crippen LogP contribution is 2.20. The van der Waals surface area contributed by atoms with Crippen LogP contribution in [-0.2, 0) is 7.05 Å². The molecule has 0 bridgehead atoms. The van der Waals surface area contributed by atoms with Crippen LogP contribution in [0.1, 0.15) is 0 Å². The lowest BCUT2D eigenvalue weighted by molar-refractivity contribution is 0.841. The minimum atomic E-state index is -0.109. The second-order valence-electron chi connectivity index (χ2n) is 2.28. The fraction of sp³-hybridized carbons (Fsp3) is 0.167. The molecule has 4 nitrogen and oxygen atoms in total. The number of aromatic nitrogens is 3. The van der Waals surface area contributed by atoms with Crippen LogP contribution in [0.4, 0.5) is 0 Å². The molecule has 2 aromatic heterocycles. The molecular weight excluding hydrogens is 242 g/mol. The molecule has 0 aliphatic heterocycles. The van der Waals surface area contributed by atoms with E-state index in [1.807, 2.05) is 0 Å². The summed E-state index contributed by atoms with van der Waals surface area (Å²) in [5, 5.41) is 0. The van der Waals surface area contributed by atoms with Gasteiger partial charge in [0.2, 0.25) is 0 Å². The van der Waals surface area contributed by atoms with Gasteiger partial charge in [-0.05, 0) is 15.9 Å². The number of hydrogen-bond donors (Lipinski definition) is 0. The number of fused-ring (bicyclic) bond motifs is 1. The van der Waals surface area contributed by atoms with Crippen LogP contribution in [0.2, 0.25) is 0 Å². The fourth-order valence-electron chi connectivity index (χ4n) is 0.872. The number of hydrogen-bond acceptors (Lipinski definition) is 4. The summed E-state index contributed by atoms with van der Waals surface area (Å²) in [6.07, 6.45) is 1.50. The van der Waals surface area contributed by atoms with E-state index in [2.05, 4.69) is 25.9 Å². The van der Waals surface area contributed by atoms with Crippen LogP contribution < -0.4 is 5.56 Å². The Kier molecular flexibility index (Phi) is 1.73. The van der Waals surface area contributed by atoms with Gasteiger partial charge in [-0.15, -0.1) is 0 Å². The summed E-state index contributed by atoms with van der Waals surface area (Å²) in [7, 11) is 1.65. The van der Waals surface area contributed by atoms with Gasteiger partial charge in [0.05, 0.1) is 6.33 Å². The molecule has 0 spiro atoms. The molecule has 2 aromatic rings. The first kappa shape index (κ1) is 7.88. The van der Waals surface area contributed by atoms with Gasteiger partial charge < -0.3 is 4.57 Å². The second kappa shape index (κ2) is 2.63. The minimum Gasteiger partial charge on any atom is -0.300 e. The smallest absolute Gasteiger partial charge is 0.280 e. The number of thiazole rings is 1. The third-order valence-corrected chi connectivity index (χ3v) is 2.87. The normalized spacial score (nSPS) is 10.8. The molecular formula is C6H4BrN3OS. The predicted octanol–water partition coefficient (Wildman–Crippen LogP) is 1.15. The van der Waals surface area contributed by atoms with Crippen molar-refractivity contribution in [2.24, 2.45) is 7.05 Å². The van der Waals surface area contributed by atoms with Crippen molar-refractivity contribution in [3.63, 3.8) is 0 Å². The molecule has 0 saturated carbocycles. The molecule has 0 N–H and O–H groups in total. The van der Waals surface area contributed by atoms with E-state index in [1.165, 1.54) is 22.2 Å². The van der Waals surface area contributed by atoms with E-state index in [0.717, 1.165) is 0 Å². The molecule has 0 saturated heterocycles. The third-order valence-electron chi connectivity index (χ3n) is 1.45. The van der Waals surface area contributed by atoms with Crippen LogP contribution in [-0.4, -0.2) is 14.5 Å². The van der Waals surface area contributed by atoms with Crippen LogP contribution in [0.15, 0.2) is 15.0 Å². The summed E-state index contributed by atoms with van der Waals surface area (Å²) in [6.45, 7) is 0. The third kappa shape index (κ3) is 1.07. The standard InChI is InChI=1S/C6H4BrN3OS/c1-10-2-8-4-3(5(10)11)9-6(7)12-4/h2H,1H3. The molecule has 0 aromatic carbocycles. The minimum absolute atomic E-state index is 0.109. The largest absolute Gasteiger partial charge is 0.300 e. The summed E-state index contributed by atoms with van der Waals surface area (Å²) >= 11 is 4.56. The Morgan fingerprint density at radius 3 is 3.17 bits per heavy atom. The first-order valence-corrected chi connectivity index (χ1v) is 4.77. The van der Waals surface area contributed by atoms with E-state index in [-0.39, 0.29) is 5.56 Å². The average Bonchev–Trinajstić information content (AvgIpc) is 2.39. The number of aryl methyl sites for hydroxylation is 1. The van der Waals surface area contributed by atoms with Crippen LogP contribution in [0, 0.1) is 0 Å². The van der Waals surface area contributed by atoms with Crippen LogP contribution in [0.25, 0.3) is 10.3 Å². The number of nitrogens with zero attached hydrogens (tertiary/aromatic N) is 3. The van der Waals surface area contributed by atoms with Gasteiger partial charge in [-0.1, -0.05) is 11.3 Å². The highest BCUT2D eigenvalue weighted by Gasteiger charge is 2.06. The van der Waals surface area contributed by atoms with E-state index in [9.17, 15) is 4.79 Å². The van der Waals surface area contributed by atoms with Crippen molar-refractivity contribution in [2.75, 3.05) is 0 Å². The first-order valence-electron chi connectivity index (χ1n) is 3.16. The number of halogens is 1. The molecule has 6 heteroatoms. The van der Waals surface area contributed by atoms with E-state index >= 15 is 0 Å². The maximum Gasteiger partial charge on any atom is 0.280 e. The summed E-state index contributed by atoms with van der Waals surface area (Å²) in [4.78, 5) is 20.1. The van der Waals surface area contributed by atoms with Gasteiger partial charge in [0, 0.05) is 7.05 Å². The molecule has 0 atom stereocenters. The monoisotopic (exact) mass is 245 g/mol. The van der Waals surface area contributed by atoms with Crippen LogP contribution in [0.3, 0.4) is 0 Å². The van der Waals surface area contributed by atoms with Crippen molar-refractivity contribution in [1.29, 1.82) is 0 Å².